The molecule has 0 radical (unpaired) electrons. The summed E-state index contributed by atoms with van der Waals surface area (Å²) in [7, 11) is 0. The van der Waals surface area contributed by atoms with Gasteiger partial charge in [-0.25, -0.2) is 4.79 Å². The van der Waals surface area contributed by atoms with Crippen LogP contribution in [0.25, 0.3) is 10.9 Å². The molecule has 1 aromatic carbocycles. The first kappa shape index (κ1) is 18.4. The van der Waals surface area contributed by atoms with Crippen LogP contribution in [-0.4, -0.2) is 45.1 Å². The third-order valence-electron chi connectivity index (χ3n) is 4.05. The Bertz CT molecular complexity index is 946. The van der Waals surface area contributed by atoms with E-state index in [-0.39, 0.29) is 24.9 Å². The Hall–Kier alpha value is -3.36. The van der Waals surface area contributed by atoms with E-state index in [1.807, 2.05) is 25.1 Å². The van der Waals surface area contributed by atoms with E-state index >= 15 is 0 Å². The van der Waals surface area contributed by atoms with Crippen LogP contribution in [0.5, 0.6) is 0 Å². The number of nitrogens with zero attached hydrogens (tertiary/aromatic N) is 3. The van der Waals surface area contributed by atoms with Crippen molar-refractivity contribution >= 4 is 28.7 Å². The average molecular weight is 370 g/mol. The number of carbonyl (C=O) groups is 2. The highest BCUT2D eigenvalue weighted by molar-refractivity contribution is 5.85. The molecule has 9 nitrogen and oxygen atoms in total. The summed E-state index contributed by atoms with van der Waals surface area (Å²) >= 11 is 0. The SMILES string of the molecule is CCOC(=O)Nc1cnn(CC(=O)NCCc2c(C)[nH]c3ccccc23)n1. The lowest BCUT2D eigenvalue weighted by Gasteiger charge is -2.05. The number of hydrogen-bond donors (Lipinski definition) is 3. The van der Waals surface area contributed by atoms with Gasteiger partial charge in [-0.15, -0.1) is 5.10 Å². The monoisotopic (exact) mass is 370 g/mol. The summed E-state index contributed by atoms with van der Waals surface area (Å²) in [5, 5.41) is 14.4. The fraction of sp³-hybridized carbons (Fsp3) is 0.333. The van der Waals surface area contributed by atoms with Gasteiger partial charge in [-0.05, 0) is 31.9 Å². The van der Waals surface area contributed by atoms with Gasteiger partial charge in [0.25, 0.3) is 0 Å². The number of H-pyrrole nitrogens is 1. The van der Waals surface area contributed by atoms with Crippen molar-refractivity contribution in [1.82, 2.24) is 25.3 Å². The highest BCUT2D eigenvalue weighted by Crippen LogP contribution is 2.21. The molecule has 142 valence electrons. The zero-order valence-electron chi connectivity index (χ0n) is 15.3. The highest BCUT2D eigenvalue weighted by atomic mass is 16.5. The first-order valence-electron chi connectivity index (χ1n) is 8.73. The molecule has 0 unspecified atom stereocenters. The summed E-state index contributed by atoms with van der Waals surface area (Å²) < 4.78 is 4.76. The van der Waals surface area contributed by atoms with Gasteiger partial charge in [-0.2, -0.15) is 9.90 Å². The number of aromatic amines is 1. The van der Waals surface area contributed by atoms with Crippen LogP contribution in [0.1, 0.15) is 18.2 Å². The van der Waals surface area contributed by atoms with Crippen LogP contribution in [-0.2, 0) is 22.5 Å². The van der Waals surface area contributed by atoms with Gasteiger partial charge in [0.1, 0.15) is 6.54 Å². The number of amides is 2. The molecule has 9 heteroatoms. The third kappa shape index (κ3) is 4.63. The number of para-hydroxylation sites is 1. The maximum atomic E-state index is 12.1. The van der Waals surface area contributed by atoms with Gasteiger partial charge in [0, 0.05) is 23.1 Å². The molecule has 3 rings (SSSR count). The molecule has 0 saturated heterocycles. The lowest BCUT2D eigenvalue weighted by Crippen LogP contribution is -2.30. The van der Waals surface area contributed by atoms with Crippen molar-refractivity contribution in [3.63, 3.8) is 0 Å². The third-order valence-corrected chi connectivity index (χ3v) is 4.05. The molecular weight excluding hydrogens is 348 g/mol. The number of anilines is 1. The molecule has 0 fully saturated rings. The molecule has 27 heavy (non-hydrogen) atoms. The van der Waals surface area contributed by atoms with Crippen LogP contribution in [0, 0.1) is 6.92 Å². The number of carbonyl (C=O) groups excluding carboxylic acids is 2. The Balaban J connectivity index is 1.49. The van der Waals surface area contributed by atoms with E-state index < -0.39 is 6.09 Å². The lowest BCUT2D eigenvalue weighted by atomic mass is 10.1. The van der Waals surface area contributed by atoms with Crippen LogP contribution in [0.4, 0.5) is 10.6 Å². The van der Waals surface area contributed by atoms with Crippen molar-refractivity contribution in [2.24, 2.45) is 0 Å². The van der Waals surface area contributed by atoms with E-state index in [4.69, 9.17) is 4.74 Å². The van der Waals surface area contributed by atoms with E-state index in [2.05, 4.69) is 31.9 Å². The molecular formula is C18H22N6O3. The largest absolute Gasteiger partial charge is 0.450 e. The quantitative estimate of drug-likeness (QED) is 0.588. The number of benzene rings is 1. The van der Waals surface area contributed by atoms with Crippen LogP contribution >= 0.6 is 0 Å². The van der Waals surface area contributed by atoms with Crippen molar-refractivity contribution in [3.05, 3.63) is 41.7 Å². The Kier molecular flexibility index (Phi) is 5.70. The predicted octanol–water partition coefficient (Wildman–Crippen LogP) is 2.00. The number of aryl methyl sites for hydroxylation is 1. The molecule has 0 bridgehead atoms. The molecule has 0 atom stereocenters. The van der Waals surface area contributed by atoms with Crippen molar-refractivity contribution in [2.45, 2.75) is 26.8 Å². The second-order valence-electron chi connectivity index (χ2n) is 5.98. The standard InChI is InChI=1S/C18H22N6O3/c1-3-27-18(26)22-16-10-20-24(23-16)11-17(25)19-9-8-13-12(2)21-15-7-5-4-6-14(13)15/h4-7,10,21H,3,8-9,11H2,1-2H3,(H,19,25)(H,22,23,26). The second kappa shape index (κ2) is 8.35. The summed E-state index contributed by atoms with van der Waals surface area (Å²) in [4.78, 5) is 28.0. The maximum Gasteiger partial charge on any atom is 0.412 e. The highest BCUT2D eigenvalue weighted by Gasteiger charge is 2.11. The van der Waals surface area contributed by atoms with Gasteiger partial charge < -0.3 is 15.0 Å². The number of hydrogen-bond acceptors (Lipinski definition) is 5. The summed E-state index contributed by atoms with van der Waals surface area (Å²) in [5.74, 6) is 0.0291. The fourth-order valence-corrected chi connectivity index (χ4v) is 2.87. The zero-order chi connectivity index (χ0) is 19.2. The first-order chi connectivity index (χ1) is 13.1. The number of rotatable bonds is 7. The Morgan fingerprint density at radius 2 is 2.11 bits per heavy atom. The predicted molar refractivity (Wildman–Crippen MR) is 100 cm³/mol. The van der Waals surface area contributed by atoms with Gasteiger partial charge in [-0.1, -0.05) is 18.2 Å². The van der Waals surface area contributed by atoms with Gasteiger partial charge in [0.2, 0.25) is 5.91 Å². The van der Waals surface area contributed by atoms with E-state index in [9.17, 15) is 9.59 Å². The minimum atomic E-state index is -0.608. The molecule has 0 spiro atoms. The first-order valence-corrected chi connectivity index (χ1v) is 8.73. The van der Waals surface area contributed by atoms with Gasteiger partial charge in [-0.3, -0.25) is 10.1 Å². The number of aromatic nitrogens is 4. The zero-order valence-corrected chi connectivity index (χ0v) is 15.3. The van der Waals surface area contributed by atoms with Crippen molar-refractivity contribution in [3.8, 4) is 0 Å². The summed E-state index contributed by atoms with van der Waals surface area (Å²) in [6.45, 7) is 4.48. The van der Waals surface area contributed by atoms with Gasteiger partial charge >= 0.3 is 6.09 Å². The van der Waals surface area contributed by atoms with Crippen LogP contribution in [0.2, 0.25) is 0 Å². The molecule has 0 saturated carbocycles. The van der Waals surface area contributed by atoms with E-state index in [0.717, 1.165) is 17.6 Å². The van der Waals surface area contributed by atoms with E-state index in [1.54, 1.807) is 6.92 Å². The van der Waals surface area contributed by atoms with Crippen molar-refractivity contribution < 1.29 is 14.3 Å². The Morgan fingerprint density at radius 1 is 1.30 bits per heavy atom. The molecule has 0 aliphatic carbocycles. The lowest BCUT2D eigenvalue weighted by molar-refractivity contribution is -0.122. The average Bonchev–Trinajstić information content (AvgIpc) is 3.19. The van der Waals surface area contributed by atoms with Gasteiger partial charge in [0.15, 0.2) is 5.82 Å². The molecule has 2 aromatic heterocycles. The summed E-state index contributed by atoms with van der Waals surface area (Å²) in [5.41, 5.74) is 3.40. The summed E-state index contributed by atoms with van der Waals surface area (Å²) in [6, 6.07) is 8.10. The Labute approximate surface area is 156 Å². The molecule has 0 aliphatic rings. The molecule has 3 aromatic rings. The molecule has 3 N–H and O–H groups in total. The number of nitrogens with one attached hydrogen (secondary N) is 3. The maximum absolute atomic E-state index is 12.1. The minimum absolute atomic E-state index is 0.0304. The number of fused-ring (bicyclic) bond motifs is 1. The topological polar surface area (TPSA) is 114 Å². The van der Waals surface area contributed by atoms with Crippen LogP contribution in [0.15, 0.2) is 30.5 Å². The minimum Gasteiger partial charge on any atom is -0.450 e. The Morgan fingerprint density at radius 3 is 2.93 bits per heavy atom. The molecule has 0 aliphatic heterocycles. The van der Waals surface area contributed by atoms with Crippen LogP contribution < -0.4 is 10.6 Å². The van der Waals surface area contributed by atoms with Crippen molar-refractivity contribution in [1.29, 1.82) is 0 Å². The molecule has 2 heterocycles. The molecule has 2 amide bonds. The second-order valence-corrected chi connectivity index (χ2v) is 5.98. The van der Waals surface area contributed by atoms with Gasteiger partial charge in [0.05, 0.1) is 12.8 Å². The van der Waals surface area contributed by atoms with Crippen molar-refractivity contribution in [2.75, 3.05) is 18.5 Å². The number of ether oxygens (including phenoxy) is 1. The van der Waals surface area contributed by atoms with E-state index in [0.29, 0.717) is 6.54 Å². The van der Waals surface area contributed by atoms with E-state index in [1.165, 1.54) is 21.9 Å². The van der Waals surface area contributed by atoms with Crippen LogP contribution in [0.3, 0.4) is 0 Å². The smallest absolute Gasteiger partial charge is 0.412 e. The normalized spacial score (nSPS) is 10.7. The fourth-order valence-electron chi connectivity index (χ4n) is 2.87. The summed E-state index contributed by atoms with van der Waals surface area (Å²) in [6.07, 6.45) is 1.48.